The molecule has 1 aliphatic rings. The largest absolute Gasteiger partial charge is 0.361 e. The Labute approximate surface area is 185 Å². The van der Waals surface area contributed by atoms with Crippen molar-refractivity contribution in [1.29, 1.82) is 0 Å². The molecule has 1 atom stereocenters. The van der Waals surface area contributed by atoms with E-state index in [9.17, 15) is 0 Å². The minimum Gasteiger partial charge on any atom is -0.361 e. The number of rotatable bonds is 7. The van der Waals surface area contributed by atoms with Crippen molar-refractivity contribution in [3.8, 4) is 11.3 Å². The van der Waals surface area contributed by atoms with Crippen LogP contribution in [0.5, 0.6) is 0 Å². The van der Waals surface area contributed by atoms with Gasteiger partial charge in [-0.05, 0) is 44.0 Å². The van der Waals surface area contributed by atoms with Gasteiger partial charge in [-0.1, -0.05) is 19.6 Å². The maximum absolute atomic E-state index is 6.23. The fourth-order valence-electron chi connectivity index (χ4n) is 3.92. The lowest BCUT2D eigenvalue weighted by Crippen LogP contribution is -2.43. The van der Waals surface area contributed by atoms with Crippen LogP contribution >= 0.6 is 0 Å². The molecule has 1 aliphatic heterocycles. The van der Waals surface area contributed by atoms with Gasteiger partial charge in [-0.25, -0.2) is 15.0 Å². The third kappa shape index (κ3) is 5.31. The van der Waals surface area contributed by atoms with Crippen molar-refractivity contribution in [2.45, 2.75) is 58.2 Å². The summed E-state index contributed by atoms with van der Waals surface area (Å²) in [5.41, 5.74) is 10.8. The van der Waals surface area contributed by atoms with E-state index in [1.807, 2.05) is 36.0 Å². The summed E-state index contributed by atoms with van der Waals surface area (Å²) in [4.78, 5) is 16.8. The first-order valence-corrected chi connectivity index (χ1v) is 14.9. The van der Waals surface area contributed by atoms with Gasteiger partial charge in [0.25, 0.3) is 0 Å². The van der Waals surface area contributed by atoms with Crippen molar-refractivity contribution in [3.05, 3.63) is 36.3 Å². The van der Waals surface area contributed by atoms with E-state index in [2.05, 4.69) is 30.6 Å². The maximum Gasteiger partial charge on any atom is 0.160 e. The number of anilines is 1. The van der Waals surface area contributed by atoms with Crippen molar-refractivity contribution in [1.82, 2.24) is 19.5 Å². The summed E-state index contributed by atoms with van der Waals surface area (Å²) < 4.78 is 7.92. The summed E-state index contributed by atoms with van der Waals surface area (Å²) in [6.07, 6.45) is 6.00. The number of hydrogen-bond donors (Lipinski definition) is 1. The Morgan fingerprint density at radius 3 is 2.81 bits per heavy atom. The van der Waals surface area contributed by atoms with Crippen molar-refractivity contribution in [2.75, 3.05) is 24.6 Å². The third-order valence-corrected chi connectivity index (χ3v) is 7.44. The van der Waals surface area contributed by atoms with E-state index in [0.717, 1.165) is 72.5 Å². The van der Waals surface area contributed by atoms with Gasteiger partial charge in [0, 0.05) is 51.3 Å². The first-order valence-electron chi connectivity index (χ1n) is 11.2. The zero-order valence-corrected chi connectivity index (χ0v) is 20.1. The number of fused-ring (bicyclic) bond motifs is 1. The zero-order valence-electron chi connectivity index (χ0n) is 19.1. The highest BCUT2D eigenvalue weighted by molar-refractivity contribution is 6.76. The number of aromatic nitrogens is 4. The van der Waals surface area contributed by atoms with Crippen LogP contribution < -0.4 is 10.6 Å². The summed E-state index contributed by atoms with van der Waals surface area (Å²) in [7, 11) is -1.09. The number of pyridine rings is 1. The lowest BCUT2D eigenvalue weighted by atomic mass is 10.1. The molecule has 1 saturated heterocycles. The minimum absolute atomic E-state index is 0.187. The average molecular weight is 439 g/mol. The SMILES string of the molecule is Cc1ccc(-c2cnc3c(ccn3COCC[Si](C)(C)C)n2)c(N2CCCC(N)C2)n1. The average Bonchev–Trinajstić information content (AvgIpc) is 3.13. The summed E-state index contributed by atoms with van der Waals surface area (Å²) in [6.45, 7) is 12.2. The van der Waals surface area contributed by atoms with E-state index >= 15 is 0 Å². The second-order valence-corrected chi connectivity index (χ2v) is 15.4. The Balaban J connectivity index is 1.57. The molecule has 0 aliphatic carbocycles. The van der Waals surface area contributed by atoms with E-state index in [1.165, 1.54) is 0 Å². The van der Waals surface area contributed by atoms with Gasteiger partial charge in [0.05, 0.1) is 11.9 Å². The normalized spacial score (nSPS) is 17.5. The Morgan fingerprint density at radius 1 is 1.19 bits per heavy atom. The van der Waals surface area contributed by atoms with Gasteiger partial charge in [-0.2, -0.15) is 0 Å². The second-order valence-electron chi connectivity index (χ2n) is 9.77. The standard InChI is InChI=1S/C23H34N6OSi/c1-17-7-8-19(22(26-17)28-10-5-6-18(24)15-28)21-14-25-23-20(27-21)9-11-29(23)16-30-12-13-31(2,3)4/h7-9,11,14,18H,5-6,10,12-13,15-16,24H2,1-4H3. The molecule has 4 rings (SSSR count). The fraction of sp³-hybridized carbons (Fsp3) is 0.522. The quantitative estimate of drug-likeness (QED) is 0.443. The van der Waals surface area contributed by atoms with Gasteiger partial charge in [-0.3, -0.25) is 0 Å². The lowest BCUT2D eigenvalue weighted by Gasteiger charge is -2.33. The molecule has 3 aromatic rings. The van der Waals surface area contributed by atoms with Crippen molar-refractivity contribution >= 4 is 25.1 Å². The zero-order chi connectivity index (χ0) is 22.0. The smallest absolute Gasteiger partial charge is 0.160 e. The van der Waals surface area contributed by atoms with E-state index in [4.69, 9.17) is 25.4 Å². The molecule has 0 radical (unpaired) electrons. The number of ether oxygens (including phenoxy) is 1. The topological polar surface area (TPSA) is 82.1 Å². The summed E-state index contributed by atoms with van der Waals surface area (Å²) in [6, 6.07) is 7.49. The first kappa shape index (κ1) is 21.9. The molecular formula is C23H34N6OSi. The molecule has 1 fully saturated rings. The maximum atomic E-state index is 6.23. The van der Waals surface area contributed by atoms with Gasteiger partial charge in [0.2, 0.25) is 0 Å². The number of aryl methyl sites for hydroxylation is 1. The van der Waals surface area contributed by atoms with Crippen LogP contribution in [0.3, 0.4) is 0 Å². The number of nitrogens with two attached hydrogens (primary N) is 1. The summed E-state index contributed by atoms with van der Waals surface area (Å²) >= 11 is 0. The fourth-order valence-corrected chi connectivity index (χ4v) is 4.68. The van der Waals surface area contributed by atoms with Crippen molar-refractivity contribution in [3.63, 3.8) is 0 Å². The molecule has 3 aromatic heterocycles. The Bertz CT molecular complexity index is 1040. The van der Waals surface area contributed by atoms with Gasteiger partial charge < -0.3 is 19.9 Å². The molecule has 4 heterocycles. The summed E-state index contributed by atoms with van der Waals surface area (Å²) in [5, 5.41) is 0. The third-order valence-electron chi connectivity index (χ3n) is 5.74. The van der Waals surface area contributed by atoms with Crippen LogP contribution in [0.1, 0.15) is 18.5 Å². The highest BCUT2D eigenvalue weighted by Crippen LogP contribution is 2.30. The van der Waals surface area contributed by atoms with E-state index < -0.39 is 8.07 Å². The molecule has 7 nitrogen and oxygen atoms in total. The monoisotopic (exact) mass is 438 g/mol. The van der Waals surface area contributed by atoms with Gasteiger partial charge in [0.1, 0.15) is 18.1 Å². The first-order chi connectivity index (χ1) is 14.8. The van der Waals surface area contributed by atoms with E-state index in [1.54, 1.807) is 0 Å². The van der Waals surface area contributed by atoms with Crippen molar-refractivity contribution in [2.24, 2.45) is 5.73 Å². The van der Waals surface area contributed by atoms with E-state index in [0.29, 0.717) is 6.73 Å². The molecule has 8 heteroatoms. The van der Waals surface area contributed by atoms with Gasteiger partial charge in [-0.15, -0.1) is 0 Å². The molecular weight excluding hydrogens is 404 g/mol. The van der Waals surface area contributed by atoms with Crippen LogP contribution in [0.25, 0.3) is 22.4 Å². The van der Waals surface area contributed by atoms with Gasteiger partial charge in [0.15, 0.2) is 5.65 Å². The molecule has 1 unspecified atom stereocenters. The second kappa shape index (κ2) is 9.06. The Hall–Kier alpha value is -2.29. The minimum atomic E-state index is -1.09. The Kier molecular flexibility index (Phi) is 6.41. The molecule has 0 aromatic carbocycles. The number of nitrogens with zero attached hydrogens (tertiary/aromatic N) is 5. The predicted octanol–water partition coefficient (Wildman–Crippen LogP) is 4.04. The number of hydrogen-bond acceptors (Lipinski definition) is 6. The van der Waals surface area contributed by atoms with Crippen LogP contribution in [0, 0.1) is 6.92 Å². The van der Waals surface area contributed by atoms with Crippen LogP contribution in [0.2, 0.25) is 25.7 Å². The molecule has 31 heavy (non-hydrogen) atoms. The molecule has 2 N–H and O–H groups in total. The molecule has 0 bridgehead atoms. The Morgan fingerprint density at radius 2 is 2.03 bits per heavy atom. The van der Waals surface area contributed by atoms with E-state index in [-0.39, 0.29) is 6.04 Å². The van der Waals surface area contributed by atoms with Gasteiger partial charge >= 0.3 is 0 Å². The highest BCUT2D eigenvalue weighted by Gasteiger charge is 2.22. The lowest BCUT2D eigenvalue weighted by molar-refractivity contribution is 0.0899. The molecule has 0 saturated carbocycles. The van der Waals surface area contributed by atoms with Crippen LogP contribution in [0.4, 0.5) is 5.82 Å². The molecule has 166 valence electrons. The van der Waals surface area contributed by atoms with Crippen LogP contribution in [-0.2, 0) is 11.5 Å². The molecule has 0 amide bonds. The summed E-state index contributed by atoms with van der Waals surface area (Å²) in [5.74, 6) is 0.956. The highest BCUT2D eigenvalue weighted by atomic mass is 28.3. The molecule has 0 spiro atoms. The van der Waals surface area contributed by atoms with Crippen molar-refractivity contribution < 1.29 is 4.74 Å². The van der Waals surface area contributed by atoms with Crippen LogP contribution in [0.15, 0.2) is 30.6 Å². The number of piperidine rings is 1. The predicted molar refractivity (Wildman–Crippen MR) is 129 cm³/mol. The van der Waals surface area contributed by atoms with Crippen LogP contribution in [-0.4, -0.2) is 53.3 Å².